The Bertz CT molecular complexity index is 264. The van der Waals surface area contributed by atoms with Crippen LogP contribution in [0.4, 0.5) is 0 Å². The van der Waals surface area contributed by atoms with Crippen LogP contribution >= 0.6 is 0 Å². The Balaban J connectivity index is 2.65. The van der Waals surface area contributed by atoms with Crippen molar-refractivity contribution in [3.63, 3.8) is 0 Å². The molecule has 16 heavy (non-hydrogen) atoms. The van der Waals surface area contributed by atoms with Crippen LogP contribution in [0.1, 0.15) is 46.5 Å². The van der Waals surface area contributed by atoms with Crippen LogP contribution in [-0.4, -0.2) is 24.3 Å². The van der Waals surface area contributed by atoms with Gasteiger partial charge in [-0.2, -0.15) is 5.10 Å². The zero-order chi connectivity index (χ0) is 12.0. The molecule has 4 heteroatoms. The number of ether oxygens (including phenoxy) is 1. The summed E-state index contributed by atoms with van der Waals surface area (Å²) in [6.45, 7) is 6.51. The normalized spacial score (nSPS) is 23.8. The summed E-state index contributed by atoms with van der Waals surface area (Å²) < 4.78 is 5.02. The maximum atomic E-state index is 11.7. The molecule has 0 aromatic carbocycles. The SMILES string of the molecule is CCC[C@H]1NN=C(C(=O)OCC)[C@@H]1CCC. The third kappa shape index (κ3) is 2.97. The molecule has 0 aromatic heterocycles. The van der Waals surface area contributed by atoms with Crippen LogP contribution in [0.15, 0.2) is 5.10 Å². The molecule has 0 unspecified atom stereocenters. The second kappa shape index (κ2) is 6.51. The maximum absolute atomic E-state index is 11.7. The molecule has 0 radical (unpaired) electrons. The van der Waals surface area contributed by atoms with Gasteiger partial charge in [0.05, 0.1) is 12.6 Å². The van der Waals surface area contributed by atoms with E-state index in [0.717, 1.165) is 25.7 Å². The van der Waals surface area contributed by atoms with E-state index in [1.54, 1.807) is 0 Å². The van der Waals surface area contributed by atoms with E-state index >= 15 is 0 Å². The van der Waals surface area contributed by atoms with Gasteiger partial charge in [0.1, 0.15) is 0 Å². The molecule has 1 N–H and O–H groups in total. The van der Waals surface area contributed by atoms with E-state index in [1.165, 1.54) is 0 Å². The number of carbonyl (C=O) groups is 1. The molecule has 0 bridgehead atoms. The van der Waals surface area contributed by atoms with Gasteiger partial charge in [0.25, 0.3) is 0 Å². The molecule has 0 spiro atoms. The Kier molecular flexibility index (Phi) is 5.29. The van der Waals surface area contributed by atoms with Crippen molar-refractivity contribution in [3.8, 4) is 0 Å². The van der Waals surface area contributed by atoms with Crippen LogP contribution in [0.5, 0.6) is 0 Å². The second-order valence-corrected chi connectivity index (χ2v) is 4.14. The first-order chi connectivity index (χ1) is 7.74. The number of hydrazone groups is 1. The van der Waals surface area contributed by atoms with Crippen molar-refractivity contribution in [1.82, 2.24) is 5.43 Å². The summed E-state index contributed by atoms with van der Waals surface area (Å²) in [6.07, 6.45) is 4.21. The van der Waals surface area contributed by atoms with Gasteiger partial charge in [-0.1, -0.05) is 26.7 Å². The van der Waals surface area contributed by atoms with Gasteiger partial charge in [-0.15, -0.1) is 0 Å². The molecule has 92 valence electrons. The molecule has 1 aliphatic rings. The molecule has 1 rings (SSSR count). The van der Waals surface area contributed by atoms with Gasteiger partial charge in [-0.25, -0.2) is 4.79 Å². The van der Waals surface area contributed by atoms with E-state index in [1.807, 2.05) is 6.92 Å². The maximum Gasteiger partial charge on any atom is 0.354 e. The van der Waals surface area contributed by atoms with Crippen molar-refractivity contribution in [3.05, 3.63) is 0 Å². The van der Waals surface area contributed by atoms with Gasteiger partial charge in [0.15, 0.2) is 5.71 Å². The Morgan fingerprint density at radius 2 is 2.00 bits per heavy atom. The Labute approximate surface area is 97.4 Å². The molecule has 0 saturated heterocycles. The highest BCUT2D eigenvalue weighted by Gasteiger charge is 2.34. The van der Waals surface area contributed by atoms with Crippen molar-refractivity contribution in [2.24, 2.45) is 11.0 Å². The molecule has 1 heterocycles. The summed E-state index contributed by atoms with van der Waals surface area (Å²) in [4.78, 5) is 11.7. The zero-order valence-electron chi connectivity index (χ0n) is 10.5. The lowest BCUT2D eigenvalue weighted by atomic mass is 9.89. The Hall–Kier alpha value is -1.06. The Morgan fingerprint density at radius 1 is 1.31 bits per heavy atom. The van der Waals surface area contributed by atoms with Crippen LogP contribution < -0.4 is 5.43 Å². The van der Waals surface area contributed by atoms with E-state index < -0.39 is 0 Å². The first-order valence-corrected chi connectivity index (χ1v) is 6.24. The predicted molar refractivity (Wildman–Crippen MR) is 64.3 cm³/mol. The van der Waals surface area contributed by atoms with Gasteiger partial charge < -0.3 is 10.2 Å². The average Bonchev–Trinajstić information content (AvgIpc) is 2.64. The van der Waals surface area contributed by atoms with Crippen molar-refractivity contribution in [1.29, 1.82) is 0 Å². The van der Waals surface area contributed by atoms with Crippen LogP contribution in [0, 0.1) is 5.92 Å². The topological polar surface area (TPSA) is 50.7 Å². The number of hydrogen-bond acceptors (Lipinski definition) is 4. The molecule has 0 aromatic rings. The Morgan fingerprint density at radius 3 is 2.56 bits per heavy atom. The summed E-state index contributed by atoms with van der Waals surface area (Å²) in [5.74, 6) is -0.0314. The third-order valence-corrected chi connectivity index (χ3v) is 2.87. The number of rotatable bonds is 6. The molecule has 0 fully saturated rings. The first kappa shape index (κ1) is 13.0. The van der Waals surface area contributed by atoms with Crippen molar-refractivity contribution in [2.75, 3.05) is 6.61 Å². The number of nitrogens with one attached hydrogen (secondary N) is 1. The number of hydrogen-bond donors (Lipinski definition) is 1. The molecular formula is C12H22N2O2. The largest absolute Gasteiger partial charge is 0.461 e. The van der Waals surface area contributed by atoms with Crippen LogP contribution in [0.25, 0.3) is 0 Å². The molecule has 0 saturated carbocycles. The monoisotopic (exact) mass is 226 g/mol. The first-order valence-electron chi connectivity index (χ1n) is 6.24. The lowest BCUT2D eigenvalue weighted by Crippen LogP contribution is -2.32. The predicted octanol–water partition coefficient (Wildman–Crippen LogP) is 2.09. The lowest BCUT2D eigenvalue weighted by molar-refractivity contribution is -0.135. The van der Waals surface area contributed by atoms with Crippen LogP contribution in [-0.2, 0) is 9.53 Å². The molecule has 2 atom stereocenters. The van der Waals surface area contributed by atoms with E-state index in [-0.39, 0.29) is 11.9 Å². The van der Waals surface area contributed by atoms with E-state index in [9.17, 15) is 4.79 Å². The molecule has 0 aliphatic carbocycles. The summed E-state index contributed by atoms with van der Waals surface area (Å²) >= 11 is 0. The fourth-order valence-electron chi connectivity index (χ4n) is 2.14. The highest BCUT2D eigenvalue weighted by molar-refractivity contribution is 6.37. The minimum atomic E-state index is -0.257. The number of carbonyl (C=O) groups excluding carboxylic acids is 1. The quantitative estimate of drug-likeness (QED) is 0.706. The molecular weight excluding hydrogens is 204 g/mol. The fourth-order valence-corrected chi connectivity index (χ4v) is 2.14. The minimum Gasteiger partial charge on any atom is -0.461 e. The molecule has 1 aliphatic heterocycles. The summed E-state index contributed by atoms with van der Waals surface area (Å²) in [7, 11) is 0. The lowest BCUT2D eigenvalue weighted by Gasteiger charge is -2.18. The summed E-state index contributed by atoms with van der Waals surface area (Å²) in [5, 5.41) is 4.15. The smallest absolute Gasteiger partial charge is 0.354 e. The summed E-state index contributed by atoms with van der Waals surface area (Å²) in [5.41, 5.74) is 3.65. The summed E-state index contributed by atoms with van der Waals surface area (Å²) in [6, 6.07) is 0.310. The zero-order valence-corrected chi connectivity index (χ0v) is 10.5. The van der Waals surface area contributed by atoms with Gasteiger partial charge >= 0.3 is 5.97 Å². The van der Waals surface area contributed by atoms with Gasteiger partial charge in [0.2, 0.25) is 0 Å². The van der Waals surface area contributed by atoms with Crippen LogP contribution in [0.3, 0.4) is 0 Å². The van der Waals surface area contributed by atoms with Crippen molar-refractivity contribution >= 4 is 11.7 Å². The highest BCUT2D eigenvalue weighted by Crippen LogP contribution is 2.23. The van der Waals surface area contributed by atoms with Crippen molar-refractivity contribution < 1.29 is 9.53 Å². The van der Waals surface area contributed by atoms with Gasteiger partial charge in [-0.3, -0.25) is 0 Å². The number of esters is 1. The van der Waals surface area contributed by atoms with E-state index in [2.05, 4.69) is 24.4 Å². The standard InChI is InChI=1S/C12H22N2O2/c1-4-7-9-10(8-5-2)13-14-11(9)12(15)16-6-3/h9-10,13H,4-8H2,1-3H3/t9-,10-/m1/s1. The van der Waals surface area contributed by atoms with Gasteiger partial charge in [0, 0.05) is 5.92 Å². The third-order valence-electron chi connectivity index (χ3n) is 2.87. The number of nitrogens with zero attached hydrogens (tertiary/aromatic N) is 1. The van der Waals surface area contributed by atoms with Crippen molar-refractivity contribution in [2.45, 2.75) is 52.5 Å². The fraction of sp³-hybridized carbons (Fsp3) is 0.833. The van der Waals surface area contributed by atoms with Gasteiger partial charge in [-0.05, 0) is 19.8 Å². The van der Waals surface area contributed by atoms with E-state index in [4.69, 9.17) is 4.74 Å². The second-order valence-electron chi connectivity index (χ2n) is 4.14. The highest BCUT2D eigenvalue weighted by atomic mass is 16.5. The van der Waals surface area contributed by atoms with Crippen LogP contribution in [0.2, 0.25) is 0 Å². The average molecular weight is 226 g/mol. The van der Waals surface area contributed by atoms with E-state index in [0.29, 0.717) is 18.4 Å². The molecule has 4 nitrogen and oxygen atoms in total. The molecule has 0 amide bonds. The minimum absolute atomic E-state index is 0.226.